The highest BCUT2D eigenvalue weighted by Crippen LogP contribution is 2.55. The first kappa shape index (κ1) is 12.2. The van der Waals surface area contributed by atoms with Gasteiger partial charge < -0.3 is 10.4 Å². The van der Waals surface area contributed by atoms with Gasteiger partial charge in [-0.05, 0) is 56.3 Å². The van der Waals surface area contributed by atoms with Gasteiger partial charge in [0.05, 0.1) is 6.54 Å². The van der Waals surface area contributed by atoms with E-state index >= 15 is 0 Å². The minimum Gasteiger partial charge on any atom is -0.480 e. The molecule has 0 aromatic heterocycles. The zero-order valence-corrected chi connectivity index (χ0v) is 10.3. The third-order valence-electron chi connectivity index (χ3n) is 4.65. The van der Waals surface area contributed by atoms with Crippen LogP contribution in [0.15, 0.2) is 0 Å². The number of rotatable bonds is 3. The zero-order chi connectivity index (χ0) is 10.5. The van der Waals surface area contributed by atoms with Gasteiger partial charge in [-0.2, -0.15) is 0 Å². The van der Waals surface area contributed by atoms with Crippen molar-refractivity contribution in [3.05, 3.63) is 0 Å². The minimum absolute atomic E-state index is 0. The summed E-state index contributed by atoms with van der Waals surface area (Å²) >= 11 is 0. The Morgan fingerprint density at radius 2 is 1.56 bits per heavy atom. The summed E-state index contributed by atoms with van der Waals surface area (Å²) in [7, 11) is 0. The van der Waals surface area contributed by atoms with Crippen LogP contribution in [0.25, 0.3) is 0 Å². The van der Waals surface area contributed by atoms with Gasteiger partial charge in [0.25, 0.3) is 0 Å². The Balaban J connectivity index is 0.000000963. The lowest BCUT2D eigenvalue weighted by molar-refractivity contribution is -0.137. The first-order valence-electron chi connectivity index (χ1n) is 6.12. The van der Waals surface area contributed by atoms with Gasteiger partial charge in [0, 0.05) is 5.54 Å². The number of carbonyl (C=O) groups is 1. The standard InChI is InChI=1S/C12H19NO2.ClH/c14-11(15)7-13-12-4-8-1-9(5-12)3-10(2-8)6-12;/h8-10,13H,1-7H2,(H,14,15);1H. The second-order valence-corrected chi connectivity index (χ2v) is 5.95. The number of hydrogen-bond donors (Lipinski definition) is 2. The number of carboxylic acids is 1. The Hall–Kier alpha value is -0.280. The van der Waals surface area contributed by atoms with Crippen molar-refractivity contribution in [3.63, 3.8) is 0 Å². The van der Waals surface area contributed by atoms with Crippen LogP contribution in [0.2, 0.25) is 0 Å². The number of halogens is 1. The van der Waals surface area contributed by atoms with Crippen LogP contribution in [0.1, 0.15) is 38.5 Å². The molecule has 16 heavy (non-hydrogen) atoms. The number of carboxylic acid groups (broad SMARTS) is 1. The largest absolute Gasteiger partial charge is 0.480 e. The van der Waals surface area contributed by atoms with Gasteiger partial charge in [-0.25, -0.2) is 0 Å². The molecule has 0 aromatic rings. The molecule has 0 unspecified atom stereocenters. The molecule has 0 radical (unpaired) electrons. The highest BCUT2D eigenvalue weighted by molar-refractivity contribution is 5.85. The number of aliphatic carboxylic acids is 1. The Labute approximate surface area is 102 Å². The molecular weight excluding hydrogens is 226 g/mol. The third kappa shape index (κ3) is 2.07. The van der Waals surface area contributed by atoms with E-state index in [-0.39, 0.29) is 24.5 Å². The molecular formula is C12H20ClNO2. The number of hydrogen-bond acceptors (Lipinski definition) is 2. The lowest BCUT2D eigenvalue weighted by atomic mass is 9.53. The number of nitrogens with one attached hydrogen (secondary N) is 1. The molecule has 4 aliphatic rings. The quantitative estimate of drug-likeness (QED) is 0.800. The molecule has 0 spiro atoms. The zero-order valence-electron chi connectivity index (χ0n) is 9.45. The molecule has 0 saturated heterocycles. The van der Waals surface area contributed by atoms with Crippen molar-refractivity contribution in [2.45, 2.75) is 44.1 Å². The van der Waals surface area contributed by atoms with Gasteiger partial charge in [-0.15, -0.1) is 12.4 Å². The molecule has 4 heteroatoms. The average molecular weight is 246 g/mol. The highest BCUT2D eigenvalue weighted by Gasteiger charge is 2.50. The fourth-order valence-corrected chi connectivity index (χ4v) is 4.59. The molecule has 4 rings (SSSR count). The van der Waals surface area contributed by atoms with E-state index in [1.54, 1.807) is 0 Å². The van der Waals surface area contributed by atoms with Crippen LogP contribution in [0.5, 0.6) is 0 Å². The summed E-state index contributed by atoms with van der Waals surface area (Å²) < 4.78 is 0. The summed E-state index contributed by atoms with van der Waals surface area (Å²) in [5.41, 5.74) is 0.202. The first-order valence-corrected chi connectivity index (χ1v) is 6.12. The van der Waals surface area contributed by atoms with Crippen LogP contribution in [-0.4, -0.2) is 23.2 Å². The Morgan fingerprint density at radius 3 is 1.94 bits per heavy atom. The van der Waals surface area contributed by atoms with Crippen LogP contribution in [0.3, 0.4) is 0 Å². The first-order chi connectivity index (χ1) is 7.15. The van der Waals surface area contributed by atoms with Gasteiger partial charge in [-0.3, -0.25) is 4.79 Å². The molecule has 0 atom stereocenters. The molecule has 4 saturated carbocycles. The SMILES string of the molecule is Cl.O=C(O)CNC12CC3CC(CC(C3)C1)C2. The van der Waals surface area contributed by atoms with Crippen molar-refractivity contribution in [2.24, 2.45) is 17.8 Å². The van der Waals surface area contributed by atoms with Crippen molar-refractivity contribution in [2.75, 3.05) is 6.54 Å². The summed E-state index contributed by atoms with van der Waals surface area (Å²) in [5.74, 6) is 1.94. The van der Waals surface area contributed by atoms with Gasteiger partial charge in [0.2, 0.25) is 0 Å². The summed E-state index contributed by atoms with van der Waals surface area (Å²) in [6.07, 6.45) is 7.92. The van der Waals surface area contributed by atoms with E-state index in [9.17, 15) is 4.79 Å². The second-order valence-electron chi connectivity index (χ2n) is 5.95. The van der Waals surface area contributed by atoms with Crippen LogP contribution >= 0.6 is 12.4 Å². The van der Waals surface area contributed by atoms with E-state index in [0.717, 1.165) is 17.8 Å². The van der Waals surface area contributed by atoms with E-state index in [2.05, 4.69) is 5.32 Å². The molecule has 4 aliphatic carbocycles. The molecule has 0 amide bonds. The van der Waals surface area contributed by atoms with Crippen molar-refractivity contribution in [1.29, 1.82) is 0 Å². The van der Waals surface area contributed by atoms with Crippen molar-refractivity contribution >= 4 is 18.4 Å². The smallest absolute Gasteiger partial charge is 0.317 e. The lowest BCUT2D eigenvalue weighted by Gasteiger charge is -2.57. The summed E-state index contributed by atoms with van der Waals surface area (Å²) in [6.45, 7) is 0.145. The summed E-state index contributed by atoms with van der Waals surface area (Å²) in [4.78, 5) is 10.6. The summed E-state index contributed by atoms with van der Waals surface area (Å²) in [6, 6.07) is 0. The monoisotopic (exact) mass is 245 g/mol. The molecule has 3 nitrogen and oxygen atoms in total. The van der Waals surface area contributed by atoms with E-state index in [0.29, 0.717) is 0 Å². The average Bonchev–Trinajstić information content (AvgIpc) is 2.12. The topological polar surface area (TPSA) is 49.3 Å². The normalized spacial score (nSPS) is 44.1. The summed E-state index contributed by atoms with van der Waals surface area (Å²) in [5, 5.41) is 12.1. The molecule has 0 aliphatic heterocycles. The maximum absolute atomic E-state index is 10.6. The second kappa shape index (κ2) is 4.19. The Bertz CT molecular complexity index is 257. The van der Waals surface area contributed by atoms with E-state index in [1.165, 1.54) is 38.5 Å². The maximum atomic E-state index is 10.6. The van der Waals surface area contributed by atoms with Crippen molar-refractivity contribution in [1.82, 2.24) is 5.32 Å². The lowest BCUT2D eigenvalue weighted by Crippen LogP contribution is -2.59. The van der Waals surface area contributed by atoms with Crippen molar-refractivity contribution < 1.29 is 9.90 Å². The minimum atomic E-state index is -0.717. The van der Waals surface area contributed by atoms with Gasteiger partial charge >= 0.3 is 5.97 Å². The molecule has 4 fully saturated rings. The van der Waals surface area contributed by atoms with E-state index < -0.39 is 5.97 Å². The fourth-order valence-electron chi connectivity index (χ4n) is 4.59. The predicted molar refractivity (Wildman–Crippen MR) is 63.8 cm³/mol. The Kier molecular flexibility index (Phi) is 3.19. The molecule has 4 bridgehead atoms. The van der Waals surface area contributed by atoms with Gasteiger partial charge in [-0.1, -0.05) is 0 Å². The molecule has 92 valence electrons. The van der Waals surface area contributed by atoms with Gasteiger partial charge in [0.15, 0.2) is 0 Å². The van der Waals surface area contributed by atoms with Gasteiger partial charge in [0.1, 0.15) is 0 Å². The molecule has 0 heterocycles. The molecule has 2 N–H and O–H groups in total. The van der Waals surface area contributed by atoms with Crippen LogP contribution in [-0.2, 0) is 4.79 Å². The highest BCUT2D eigenvalue weighted by atomic mass is 35.5. The maximum Gasteiger partial charge on any atom is 0.317 e. The van der Waals surface area contributed by atoms with E-state index in [4.69, 9.17) is 5.11 Å². The third-order valence-corrected chi connectivity index (χ3v) is 4.65. The van der Waals surface area contributed by atoms with Crippen LogP contribution in [0, 0.1) is 17.8 Å². The van der Waals surface area contributed by atoms with Crippen LogP contribution in [0.4, 0.5) is 0 Å². The Morgan fingerprint density at radius 1 is 1.12 bits per heavy atom. The fraction of sp³-hybridized carbons (Fsp3) is 0.917. The van der Waals surface area contributed by atoms with Crippen molar-refractivity contribution in [3.8, 4) is 0 Å². The molecule has 0 aromatic carbocycles. The van der Waals surface area contributed by atoms with Crippen LogP contribution < -0.4 is 5.32 Å². The van der Waals surface area contributed by atoms with E-state index in [1.807, 2.05) is 0 Å². The predicted octanol–water partition coefficient (Wildman–Crippen LogP) is 2.05.